The molecular formula is C23H23BrN2O3. The van der Waals surface area contributed by atoms with E-state index in [1.165, 1.54) is 11.6 Å². The second-order valence-electron chi connectivity index (χ2n) is 7.25. The molecule has 0 atom stereocenters. The number of benzene rings is 2. The highest BCUT2D eigenvalue weighted by molar-refractivity contribution is 9.10. The van der Waals surface area contributed by atoms with E-state index >= 15 is 0 Å². The fraction of sp³-hybridized carbons (Fsp3) is 0.217. The molecule has 6 heteroatoms. The molecule has 0 unspecified atom stereocenters. The van der Waals surface area contributed by atoms with Crippen LogP contribution in [0.15, 0.2) is 53.5 Å². The minimum Gasteiger partial charge on any atom is -0.478 e. The van der Waals surface area contributed by atoms with Crippen LogP contribution in [0.1, 0.15) is 51.7 Å². The topological polar surface area (TPSA) is 71.3 Å². The Hall–Kier alpha value is -2.86. The van der Waals surface area contributed by atoms with E-state index in [1.807, 2.05) is 17.6 Å². The first-order valence-corrected chi connectivity index (χ1v) is 10.1. The molecule has 0 saturated carbocycles. The smallest absolute Gasteiger partial charge is 0.337 e. The lowest BCUT2D eigenvalue weighted by molar-refractivity contribution is 0.0698. The van der Waals surface area contributed by atoms with Crippen LogP contribution in [0, 0.1) is 6.92 Å². The van der Waals surface area contributed by atoms with E-state index in [4.69, 9.17) is 0 Å². The Balaban J connectivity index is 2.12. The number of aromatic nitrogens is 1. The molecule has 2 N–H and O–H groups in total. The fourth-order valence-electron chi connectivity index (χ4n) is 3.49. The Bertz CT molecular complexity index is 1130. The molecule has 1 aromatic heterocycles. The van der Waals surface area contributed by atoms with Crippen LogP contribution in [0.2, 0.25) is 0 Å². The molecule has 2 aromatic carbocycles. The van der Waals surface area contributed by atoms with Crippen molar-refractivity contribution >= 4 is 44.4 Å². The number of fused-ring (bicyclic) bond motifs is 1. The zero-order chi connectivity index (χ0) is 21.3. The third-order valence-electron chi connectivity index (χ3n) is 4.99. The molecule has 29 heavy (non-hydrogen) atoms. The van der Waals surface area contributed by atoms with Gasteiger partial charge in [-0.05, 0) is 54.3 Å². The third-order valence-corrected chi connectivity index (χ3v) is 5.49. The third kappa shape index (κ3) is 3.98. The number of anilines is 1. The van der Waals surface area contributed by atoms with Crippen molar-refractivity contribution in [2.24, 2.45) is 0 Å². The number of amides is 1. The normalized spacial score (nSPS) is 11.1. The maximum Gasteiger partial charge on any atom is 0.337 e. The Morgan fingerprint density at radius 3 is 2.59 bits per heavy atom. The first-order valence-electron chi connectivity index (χ1n) is 9.32. The predicted molar refractivity (Wildman–Crippen MR) is 120 cm³/mol. The second kappa shape index (κ2) is 8.25. The number of carboxylic acid groups (broad SMARTS) is 1. The van der Waals surface area contributed by atoms with E-state index in [1.54, 1.807) is 18.2 Å². The van der Waals surface area contributed by atoms with Crippen molar-refractivity contribution in [1.82, 2.24) is 4.57 Å². The number of aromatic carboxylic acids is 1. The molecule has 0 spiro atoms. The van der Waals surface area contributed by atoms with Gasteiger partial charge in [-0.25, -0.2) is 4.79 Å². The largest absolute Gasteiger partial charge is 0.478 e. The standard InChI is InChI=1S/C23H23BrN2O3/c1-5-10-26-20-9-6-15(13(2)3)11-17(20)14(4)21(26)22(27)25-19-8-7-16(24)12-18(19)23(28)29/h5-9,11-13H,1,10H2,2-4H3,(H,25,27)(H,28,29). The lowest BCUT2D eigenvalue weighted by atomic mass is 10.0. The molecule has 0 saturated heterocycles. The van der Waals surface area contributed by atoms with Crippen molar-refractivity contribution in [1.29, 1.82) is 0 Å². The summed E-state index contributed by atoms with van der Waals surface area (Å²) in [7, 11) is 0. The highest BCUT2D eigenvalue weighted by atomic mass is 79.9. The minimum absolute atomic E-state index is 0.0267. The number of nitrogens with one attached hydrogen (secondary N) is 1. The molecule has 1 heterocycles. The molecule has 0 bridgehead atoms. The van der Waals surface area contributed by atoms with E-state index in [0.29, 0.717) is 22.6 Å². The number of hydrogen-bond donors (Lipinski definition) is 2. The predicted octanol–water partition coefficient (Wildman–Crippen LogP) is 5.97. The highest BCUT2D eigenvalue weighted by Crippen LogP contribution is 2.30. The van der Waals surface area contributed by atoms with E-state index in [2.05, 4.69) is 53.8 Å². The SMILES string of the molecule is C=CCn1c(C(=O)Nc2ccc(Br)cc2C(=O)O)c(C)c2cc(C(C)C)ccc21. The monoisotopic (exact) mass is 454 g/mol. The first-order chi connectivity index (χ1) is 13.7. The van der Waals surface area contributed by atoms with Gasteiger partial charge in [-0.1, -0.05) is 41.9 Å². The van der Waals surface area contributed by atoms with E-state index in [0.717, 1.165) is 16.5 Å². The number of halogens is 1. The average molecular weight is 455 g/mol. The van der Waals surface area contributed by atoms with Crippen LogP contribution in [0.3, 0.4) is 0 Å². The van der Waals surface area contributed by atoms with Crippen LogP contribution in [-0.4, -0.2) is 21.6 Å². The van der Waals surface area contributed by atoms with Crippen LogP contribution in [0.5, 0.6) is 0 Å². The van der Waals surface area contributed by atoms with E-state index in [-0.39, 0.29) is 17.2 Å². The second-order valence-corrected chi connectivity index (χ2v) is 8.17. The molecule has 1 amide bonds. The summed E-state index contributed by atoms with van der Waals surface area (Å²) < 4.78 is 2.54. The molecule has 0 radical (unpaired) electrons. The summed E-state index contributed by atoms with van der Waals surface area (Å²) in [4.78, 5) is 24.8. The Morgan fingerprint density at radius 2 is 1.97 bits per heavy atom. The van der Waals surface area contributed by atoms with Crippen LogP contribution < -0.4 is 5.32 Å². The molecule has 3 rings (SSSR count). The van der Waals surface area contributed by atoms with Crippen LogP contribution in [0.25, 0.3) is 10.9 Å². The number of hydrogen-bond acceptors (Lipinski definition) is 2. The summed E-state index contributed by atoms with van der Waals surface area (Å²) >= 11 is 3.27. The molecule has 0 aliphatic heterocycles. The number of aryl methyl sites for hydroxylation is 1. The molecule has 0 fully saturated rings. The molecule has 150 valence electrons. The summed E-state index contributed by atoms with van der Waals surface area (Å²) in [6.07, 6.45) is 1.74. The zero-order valence-corrected chi connectivity index (χ0v) is 18.2. The molecule has 3 aromatic rings. The number of allylic oxidation sites excluding steroid dienone is 1. The summed E-state index contributed by atoms with van der Waals surface area (Å²) in [5.74, 6) is -1.08. The van der Waals surface area contributed by atoms with Gasteiger partial charge in [0.05, 0.1) is 11.3 Å². The molecular weight excluding hydrogens is 432 g/mol. The quantitative estimate of drug-likeness (QED) is 0.450. The van der Waals surface area contributed by atoms with Gasteiger partial charge in [-0.3, -0.25) is 4.79 Å². The highest BCUT2D eigenvalue weighted by Gasteiger charge is 2.22. The van der Waals surface area contributed by atoms with Gasteiger partial charge in [0, 0.05) is 21.9 Å². The molecule has 5 nitrogen and oxygen atoms in total. The zero-order valence-electron chi connectivity index (χ0n) is 16.6. The van der Waals surface area contributed by atoms with Crippen molar-refractivity contribution in [3.63, 3.8) is 0 Å². The average Bonchev–Trinajstić information content (AvgIpc) is 2.95. The Labute approximate surface area is 178 Å². The van der Waals surface area contributed by atoms with E-state index in [9.17, 15) is 14.7 Å². The first kappa shape index (κ1) is 20.9. The van der Waals surface area contributed by atoms with Crippen molar-refractivity contribution in [2.45, 2.75) is 33.2 Å². The van der Waals surface area contributed by atoms with Gasteiger partial charge < -0.3 is 15.0 Å². The molecule has 0 aliphatic carbocycles. The van der Waals surface area contributed by atoms with Crippen molar-refractivity contribution in [3.05, 3.63) is 75.9 Å². The van der Waals surface area contributed by atoms with Crippen LogP contribution >= 0.6 is 15.9 Å². The number of rotatable bonds is 6. The van der Waals surface area contributed by atoms with Crippen molar-refractivity contribution < 1.29 is 14.7 Å². The van der Waals surface area contributed by atoms with Crippen LogP contribution in [-0.2, 0) is 6.54 Å². The summed E-state index contributed by atoms with van der Waals surface area (Å²) in [5.41, 5.74) is 3.79. The number of nitrogens with zero attached hydrogens (tertiary/aromatic N) is 1. The summed E-state index contributed by atoms with van der Waals surface area (Å²) in [6, 6.07) is 11.0. The maximum atomic E-state index is 13.2. The van der Waals surface area contributed by atoms with Gasteiger partial charge in [0.25, 0.3) is 5.91 Å². The van der Waals surface area contributed by atoms with Gasteiger partial charge >= 0.3 is 5.97 Å². The lowest BCUT2D eigenvalue weighted by Crippen LogP contribution is -2.19. The van der Waals surface area contributed by atoms with Gasteiger partial charge in [0.15, 0.2) is 0 Å². The van der Waals surface area contributed by atoms with Crippen LogP contribution in [0.4, 0.5) is 5.69 Å². The summed E-state index contributed by atoms with van der Waals surface area (Å²) in [6.45, 7) is 10.5. The van der Waals surface area contributed by atoms with Gasteiger partial charge in [0.1, 0.15) is 5.69 Å². The Morgan fingerprint density at radius 1 is 1.24 bits per heavy atom. The number of carboxylic acids is 1. The number of carbonyl (C=O) groups is 2. The fourth-order valence-corrected chi connectivity index (χ4v) is 3.86. The van der Waals surface area contributed by atoms with Crippen molar-refractivity contribution in [3.8, 4) is 0 Å². The number of carbonyl (C=O) groups excluding carboxylic acids is 1. The molecule has 0 aliphatic rings. The van der Waals surface area contributed by atoms with Crippen molar-refractivity contribution in [2.75, 3.05) is 5.32 Å². The van der Waals surface area contributed by atoms with Gasteiger partial charge in [0.2, 0.25) is 0 Å². The maximum absolute atomic E-state index is 13.2. The van der Waals surface area contributed by atoms with Gasteiger partial charge in [-0.2, -0.15) is 0 Å². The van der Waals surface area contributed by atoms with Gasteiger partial charge in [-0.15, -0.1) is 6.58 Å². The minimum atomic E-state index is -1.11. The summed E-state index contributed by atoms with van der Waals surface area (Å²) in [5, 5.41) is 13.3. The lowest BCUT2D eigenvalue weighted by Gasteiger charge is -2.12. The van der Waals surface area contributed by atoms with E-state index < -0.39 is 5.97 Å². The Kier molecular flexibility index (Phi) is 5.94.